The van der Waals surface area contributed by atoms with Crippen molar-refractivity contribution in [1.82, 2.24) is 10.2 Å². The molecule has 4 heteroatoms. The minimum Gasteiger partial charge on any atom is -0.370 e. The first-order chi connectivity index (χ1) is 8.84. The summed E-state index contributed by atoms with van der Waals surface area (Å²) in [5.74, 6) is 1.28. The fourth-order valence-corrected chi connectivity index (χ4v) is 2.11. The second kappa shape index (κ2) is 10.1. The van der Waals surface area contributed by atoms with Crippen LogP contribution in [0.2, 0.25) is 0 Å². The van der Waals surface area contributed by atoms with Crippen molar-refractivity contribution in [2.24, 2.45) is 16.6 Å². The van der Waals surface area contributed by atoms with E-state index in [1.807, 2.05) is 0 Å². The van der Waals surface area contributed by atoms with E-state index in [-0.39, 0.29) is 0 Å². The maximum atomic E-state index is 5.82. The zero-order valence-corrected chi connectivity index (χ0v) is 13.7. The van der Waals surface area contributed by atoms with Crippen molar-refractivity contribution < 1.29 is 0 Å². The maximum absolute atomic E-state index is 5.82. The topological polar surface area (TPSA) is 53.6 Å². The quantitative estimate of drug-likeness (QED) is 0.384. The Bertz CT molecular complexity index is 239. The summed E-state index contributed by atoms with van der Waals surface area (Å²) in [6.07, 6.45) is 2.19. The van der Waals surface area contributed by atoms with Gasteiger partial charge in [-0.05, 0) is 46.5 Å². The molecule has 4 nitrogen and oxygen atoms in total. The number of nitrogens with one attached hydrogen (secondary N) is 1. The van der Waals surface area contributed by atoms with Crippen molar-refractivity contribution in [2.75, 3.05) is 19.6 Å². The highest BCUT2D eigenvalue weighted by atomic mass is 15.2. The van der Waals surface area contributed by atoms with Crippen LogP contribution in [0.5, 0.6) is 0 Å². The average molecular weight is 270 g/mol. The molecule has 0 aromatic heterocycles. The molecule has 0 aromatic carbocycles. The monoisotopic (exact) mass is 270 g/mol. The Morgan fingerprint density at radius 2 is 1.68 bits per heavy atom. The SMILES string of the molecule is CC(C)CCNC(N)=NCCCN(C(C)C)C(C)C. The summed E-state index contributed by atoms with van der Waals surface area (Å²) in [6, 6.07) is 1.18. The molecule has 0 saturated carbocycles. The van der Waals surface area contributed by atoms with Gasteiger partial charge in [-0.25, -0.2) is 0 Å². The van der Waals surface area contributed by atoms with Crippen molar-refractivity contribution in [3.8, 4) is 0 Å². The predicted molar refractivity (Wildman–Crippen MR) is 85.5 cm³/mol. The number of nitrogens with two attached hydrogens (primary N) is 1. The normalized spacial score (nSPS) is 13.1. The van der Waals surface area contributed by atoms with Gasteiger partial charge in [0.05, 0.1) is 0 Å². The van der Waals surface area contributed by atoms with Crippen LogP contribution in [0.3, 0.4) is 0 Å². The number of hydrogen-bond acceptors (Lipinski definition) is 2. The van der Waals surface area contributed by atoms with Crippen LogP contribution < -0.4 is 11.1 Å². The van der Waals surface area contributed by atoms with Gasteiger partial charge in [0.25, 0.3) is 0 Å². The summed E-state index contributed by atoms with van der Waals surface area (Å²) >= 11 is 0. The summed E-state index contributed by atoms with van der Waals surface area (Å²) in [5, 5.41) is 3.16. The summed E-state index contributed by atoms with van der Waals surface area (Å²) in [7, 11) is 0. The highest BCUT2D eigenvalue weighted by molar-refractivity contribution is 5.77. The molecule has 0 spiro atoms. The molecule has 0 aliphatic carbocycles. The molecule has 0 aliphatic heterocycles. The van der Waals surface area contributed by atoms with Crippen molar-refractivity contribution in [3.05, 3.63) is 0 Å². The van der Waals surface area contributed by atoms with Gasteiger partial charge >= 0.3 is 0 Å². The molecule has 114 valence electrons. The van der Waals surface area contributed by atoms with Gasteiger partial charge in [0, 0.05) is 31.7 Å². The van der Waals surface area contributed by atoms with Crippen LogP contribution in [-0.2, 0) is 0 Å². The van der Waals surface area contributed by atoms with Crippen LogP contribution in [-0.4, -0.2) is 42.6 Å². The van der Waals surface area contributed by atoms with Gasteiger partial charge < -0.3 is 11.1 Å². The van der Waals surface area contributed by atoms with Crippen molar-refractivity contribution >= 4 is 5.96 Å². The predicted octanol–water partition coefficient (Wildman–Crippen LogP) is 2.45. The van der Waals surface area contributed by atoms with Crippen molar-refractivity contribution in [2.45, 2.75) is 66.5 Å². The molecule has 0 bridgehead atoms. The van der Waals surface area contributed by atoms with E-state index in [2.05, 4.69) is 56.8 Å². The van der Waals surface area contributed by atoms with Crippen LogP contribution in [0.25, 0.3) is 0 Å². The Labute approximate surface area is 119 Å². The Morgan fingerprint density at radius 3 is 2.16 bits per heavy atom. The summed E-state index contributed by atoms with van der Waals surface area (Å²) in [4.78, 5) is 6.85. The van der Waals surface area contributed by atoms with E-state index in [4.69, 9.17) is 5.73 Å². The molecule has 0 unspecified atom stereocenters. The lowest BCUT2D eigenvalue weighted by Crippen LogP contribution is -2.38. The lowest BCUT2D eigenvalue weighted by molar-refractivity contribution is 0.174. The van der Waals surface area contributed by atoms with E-state index >= 15 is 0 Å². The maximum Gasteiger partial charge on any atom is 0.188 e. The lowest BCUT2D eigenvalue weighted by Gasteiger charge is -2.30. The number of rotatable bonds is 9. The largest absolute Gasteiger partial charge is 0.370 e. The molecule has 0 fully saturated rings. The van der Waals surface area contributed by atoms with E-state index in [1.165, 1.54) is 0 Å². The zero-order chi connectivity index (χ0) is 14.8. The number of guanidine groups is 1. The van der Waals surface area contributed by atoms with E-state index < -0.39 is 0 Å². The highest BCUT2D eigenvalue weighted by Gasteiger charge is 2.11. The minimum absolute atomic E-state index is 0.585. The molecule has 0 radical (unpaired) electrons. The van der Waals surface area contributed by atoms with Gasteiger partial charge in [-0.3, -0.25) is 9.89 Å². The fraction of sp³-hybridized carbons (Fsp3) is 0.933. The number of nitrogens with zero attached hydrogens (tertiary/aromatic N) is 2. The summed E-state index contributed by atoms with van der Waals surface area (Å²) < 4.78 is 0. The van der Waals surface area contributed by atoms with Crippen molar-refractivity contribution in [1.29, 1.82) is 0 Å². The third-order valence-corrected chi connectivity index (χ3v) is 3.21. The zero-order valence-electron chi connectivity index (χ0n) is 13.7. The molecule has 3 N–H and O–H groups in total. The van der Waals surface area contributed by atoms with Gasteiger partial charge in [-0.1, -0.05) is 13.8 Å². The molecule has 0 amide bonds. The molecule has 0 aliphatic rings. The smallest absolute Gasteiger partial charge is 0.188 e. The van der Waals surface area contributed by atoms with E-state index in [9.17, 15) is 0 Å². The summed E-state index contributed by atoms with van der Waals surface area (Å²) in [6.45, 7) is 16.2. The van der Waals surface area contributed by atoms with Crippen LogP contribution in [0.1, 0.15) is 54.4 Å². The van der Waals surface area contributed by atoms with E-state index in [0.717, 1.165) is 32.5 Å². The van der Waals surface area contributed by atoms with Gasteiger partial charge in [0.2, 0.25) is 0 Å². The van der Waals surface area contributed by atoms with Crippen molar-refractivity contribution in [3.63, 3.8) is 0 Å². The molecular formula is C15H34N4. The van der Waals surface area contributed by atoms with E-state index in [1.54, 1.807) is 0 Å². The average Bonchev–Trinajstić information content (AvgIpc) is 2.27. The number of hydrogen-bond donors (Lipinski definition) is 2. The third kappa shape index (κ3) is 9.77. The second-order valence-electron chi connectivity index (χ2n) is 6.16. The highest BCUT2D eigenvalue weighted by Crippen LogP contribution is 2.05. The number of aliphatic imine (C=N–C) groups is 1. The molecule has 0 aromatic rings. The Balaban J connectivity index is 3.81. The van der Waals surface area contributed by atoms with Gasteiger partial charge in [-0.15, -0.1) is 0 Å². The molecule has 0 saturated heterocycles. The third-order valence-electron chi connectivity index (χ3n) is 3.21. The van der Waals surface area contributed by atoms with Crippen LogP contribution in [0, 0.1) is 5.92 Å². The lowest BCUT2D eigenvalue weighted by atomic mass is 10.1. The molecule has 0 heterocycles. The van der Waals surface area contributed by atoms with Crippen LogP contribution in [0.4, 0.5) is 0 Å². The first-order valence-corrected chi connectivity index (χ1v) is 7.64. The standard InChI is InChI=1S/C15H34N4/c1-12(2)8-10-18-15(16)17-9-7-11-19(13(3)4)14(5)6/h12-14H,7-11H2,1-6H3,(H3,16,17,18). The second-order valence-corrected chi connectivity index (χ2v) is 6.16. The first kappa shape index (κ1) is 18.2. The van der Waals surface area contributed by atoms with Crippen LogP contribution >= 0.6 is 0 Å². The van der Waals surface area contributed by atoms with E-state index in [0.29, 0.717) is 24.0 Å². The Hall–Kier alpha value is -0.770. The molecular weight excluding hydrogens is 236 g/mol. The first-order valence-electron chi connectivity index (χ1n) is 7.64. The Kier molecular flexibility index (Phi) is 9.66. The van der Waals surface area contributed by atoms with Gasteiger partial charge in [-0.2, -0.15) is 0 Å². The molecule has 19 heavy (non-hydrogen) atoms. The molecule has 0 atom stereocenters. The summed E-state index contributed by atoms with van der Waals surface area (Å²) in [5.41, 5.74) is 5.82. The molecule has 0 rings (SSSR count). The van der Waals surface area contributed by atoms with Crippen LogP contribution in [0.15, 0.2) is 4.99 Å². The fourth-order valence-electron chi connectivity index (χ4n) is 2.11. The Morgan fingerprint density at radius 1 is 1.11 bits per heavy atom. The van der Waals surface area contributed by atoms with Gasteiger partial charge in [0.1, 0.15) is 0 Å². The van der Waals surface area contributed by atoms with Gasteiger partial charge in [0.15, 0.2) is 5.96 Å². The minimum atomic E-state index is 0.585.